The molecule has 0 saturated heterocycles. The number of rotatable bonds is 6. The molecule has 0 fully saturated rings. The Bertz CT molecular complexity index is 954. The Kier molecular flexibility index (Phi) is 5.74. The van der Waals surface area contributed by atoms with Crippen LogP contribution in [0.15, 0.2) is 66.7 Å². The van der Waals surface area contributed by atoms with Crippen molar-refractivity contribution in [2.24, 2.45) is 0 Å². The number of esters is 1. The first-order chi connectivity index (χ1) is 13.2. The lowest BCUT2D eigenvalue weighted by molar-refractivity contribution is 0.0601. The van der Waals surface area contributed by atoms with Gasteiger partial charge in [-0.3, -0.25) is 10.3 Å². The predicted octanol–water partition coefficient (Wildman–Crippen LogP) is 4.82. The number of hydrogen-bond donors (Lipinski definition) is 2. The molecule has 0 heterocycles. The summed E-state index contributed by atoms with van der Waals surface area (Å²) in [7, 11) is 4.81. The molecule has 138 valence electrons. The molecule has 0 aliphatic rings. The van der Waals surface area contributed by atoms with Gasteiger partial charge in [-0.05, 0) is 29.3 Å². The smallest absolute Gasteiger partial charge is 0.338 e. The molecule has 5 nitrogen and oxygen atoms in total. The number of anilines is 2. The first kappa shape index (κ1) is 18.5. The second-order valence-electron chi connectivity index (χ2n) is 5.90. The average Bonchev–Trinajstić information content (AvgIpc) is 2.73. The lowest BCUT2D eigenvalue weighted by Gasteiger charge is -2.15. The van der Waals surface area contributed by atoms with Crippen LogP contribution in [0.3, 0.4) is 0 Å². The molecule has 0 unspecified atom stereocenters. The van der Waals surface area contributed by atoms with Gasteiger partial charge < -0.3 is 10.1 Å². The van der Waals surface area contributed by atoms with Gasteiger partial charge in [0.1, 0.15) is 0 Å². The summed E-state index contributed by atoms with van der Waals surface area (Å²) in [6.45, 7) is 0. The number of methoxy groups -OCH3 is 1. The first-order valence-corrected chi connectivity index (χ1v) is 8.57. The van der Waals surface area contributed by atoms with Crippen LogP contribution in [0.2, 0.25) is 0 Å². The van der Waals surface area contributed by atoms with Crippen LogP contribution in [0.25, 0.3) is 22.3 Å². The molecule has 0 aliphatic carbocycles. The molecule has 0 bridgehead atoms. The number of ether oxygens (including phenoxy) is 1. The molecule has 0 amide bonds. The van der Waals surface area contributed by atoms with Crippen LogP contribution in [-0.4, -0.2) is 27.2 Å². The van der Waals surface area contributed by atoms with Crippen LogP contribution >= 0.6 is 0 Å². The first-order valence-electron chi connectivity index (χ1n) is 8.57. The molecule has 3 aromatic rings. The summed E-state index contributed by atoms with van der Waals surface area (Å²) in [5.74, 6) is -0.380. The van der Waals surface area contributed by atoms with E-state index in [4.69, 9.17) is 9.57 Å². The molecule has 3 rings (SSSR count). The SMILES string of the molecule is CNc1ccccc1-c1ccc(-c2ccccc2NOC)cc1C(=O)OC. The van der Waals surface area contributed by atoms with Gasteiger partial charge in [-0.1, -0.05) is 48.5 Å². The van der Waals surface area contributed by atoms with E-state index < -0.39 is 0 Å². The molecule has 5 heteroatoms. The highest BCUT2D eigenvalue weighted by Gasteiger charge is 2.17. The Hall–Kier alpha value is -3.31. The third kappa shape index (κ3) is 3.78. The Labute approximate surface area is 158 Å². The van der Waals surface area contributed by atoms with Crippen LogP contribution in [0, 0.1) is 0 Å². The van der Waals surface area contributed by atoms with Crippen molar-refractivity contribution in [3.63, 3.8) is 0 Å². The Morgan fingerprint density at radius 1 is 0.815 bits per heavy atom. The molecule has 0 atom stereocenters. The van der Waals surface area contributed by atoms with Crippen LogP contribution in [0.5, 0.6) is 0 Å². The average molecular weight is 362 g/mol. The lowest BCUT2D eigenvalue weighted by Crippen LogP contribution is -2.05. The summed E-state index contributed by atoms with van der Waals surface area (Å²) in [4.78, 5) is 17.6. The van der Waals surface area contributed by atoms with E-state index in [9.17, 15) is 4.79 Å². The molecule has 0 aliphatic heterocycles. The van der Waals surface area contributed by atoms with Crippen molar-refractivity contribution in [3.05, 3.63) is 72.3 Å². The fourth-order valence-corrected chi connectivity index (χ4v) is 3.10. The second kappa shape index (κ2) is 8.38. The van der Waals surface area contributed by atoms with E-state index in [1.54, 1.807) is 7.11 Å². The zero-order chi connectivity index (χ0) is 19.2. The summed E-state index contributed by atoms with van der Waals surface area (Å²) in [5, 5.41) is 3.17. The zero-order valence-electron chi connectivity index (χ0n) is 15.6. The molecule has 2 N–H and O–H groups in total. The van der Waals surface area contributed by atoms with Gasteiger partial charge in [0.2, 0.25) is 0 Å². The minimum atomic E-state index is -0.380. The maximum Gasteiger partial charge on any atom is 0.338 e. The van der Waals surface area contributed by atoms with E-state index in [0.29, 0.717) is 5.56 Å². The van der Waals surface area contributed by atoms with E-state index in [1.165, 1.54) is 7.11 Å². The van der Waals surface area contributed by atoms with Crippen LogP contribution in [0.4, 0.5) is 11.4 Å². The van der Waals surface area contributed by atoms with E-state index in [-0.39, 0.29) is 5.97 Å². The van der Waals surface area contributed by atoms with E-state index in [1.807, 2.05) is 73.8 Å². The van der Waals surface area contributed by atoms with Gasteiger partial charge in [0, 0.05) is 23.9 Å². The van der Waals surface area contributed by atoms with Crippen molar-refractivity contribution < 1.29 is 14.4 Å². The van der Waals surface area contributed by atoms with Gasteiger partial charge in [0.05, 0.1) is 25.5 Å². The van der Waals surface area contributed by atoms with Crippen LogP contribution in [0.1, 0.15) is 10.4 Å². The fraction of sp³-hybridized carbons (Fsp3) is 0.136. The number of hydrogen-bond acceptors (Lipinski definition) is 5. The maximum atomic E-state index is 12.5. The molecule has 0 aromatic heterocycles. The predicted molar refractivity (Wildman–Crippen MR) is 109 cm³/mol. The molecular weight excluding hydrogens is 340 g/mol. The summed E-state index contributed by atoms with van der Waals surface area (Å²) in [6, 6.07) is 21.4. The largest absolute Gasteiger partial charge is 0.465 e. The highest BCUT2D eigenvalue weighted by Crippen LogP contribution is 2.35. The van der Waals surface area contributed by atoms with Crippen LogP contribution in [-0.2, 0) is 9.57 Å². The second-order valence-corrected chi connectivity index (χ2v) is 5.90. The monoisotopic (exact) mass is 362 g/mol. The quantitative estimate of drug-likeness (QED) is 0.486. The van der Waals surface area contributed by atoms with E-state index in [0.717, 1.165) is 33.6 Å². The standard InChI is InChI=1S/C22H22N2O3/c1-23-20-10-6-5-9-18(20)17-13-12-15(14-19(17)22(25)26-2)16-8-4-7-11-21(16)24-27-3/h4-14,23-24H,1-3H3. The molecule has 27 heavy (non-hydrogen) atoms. The normalized spacial score (nSPS) is 10.3. The van der Waals surface area contributed by atoms with Gasteiger partial charge in [0.25, 0.3) is 0 Å². The molecule has 0 spiro atoms. The topological polar surface area (TPSA) is 59.6 Å². The Balaban J connectivity index is 2.18. The summed E-state index contributed by atoms with van der Waals surface area (Å²) in [6.07, 6.45) is 0. The van der Waals surface area contributed by atoms with Crippen LogP contribution < -0.4 is 10.8 Å². The van der Waals surface area contributed by atoms with Gasteiger partial charge >= 0.3 is 5.97 Å². The Morgan fingerprint density at radius 3 is 2.15 bits per heavy atom. The summed E-state index contributed by atoms with van der Waals surface area (Å²) < 4.78 is 5.04. The zero-order valence-corrected chi connectivity index (χ0v) is 15.6. The highest BCUT2D eigenvalue weighted by molar-refractivity contribution is 6.01. The molecular formula is C22H22N2O3. The van der Waals surface area contributed by atoms with Crippen molar-refractivity contribution in [2.75, 3.05) is 32.1 Å². The number of benzene rings is 3. The van der Waals surface area contributed by atoms with Gasteiger partial charge in [0.15, 0.2) is 0 Å². The molecule has 0 radical (unpaired) electrons. The number of nitrogens with one attached hydrogen (secondary N) is 2. The van der Waals surface area contributed by atoms with Gasteiger partial charge in [-0.25, -0.2) is 4.79 Å². The van der Waals surface area contributed by atoms with Crippen molar-refractivity contribution >= 4 is 17.3 Å². The summed E-state index contributed by atoms with van der Waals surface area (Å²) >= 11 is 0. The van der Waals surface area contributed by atoms with Crippen molar-refractivity contribution in [1.82, 2.24) is 0 Å². The lowest BCUT2D eigenvalue weighted by atomic mass is 9.93. The van der Waals surface area contributed by atoms with Gasteiger partial charge in [-0.15, -0.1) is 0 Å². The Morgan fingerprint density at radius 2 is 1.48 bits per heavy atom. The minimum Gasteiger partial charge on any atom is -0.465 e. The number of carbonyl (C=O) groups is 1. The minimum absolute atomic E-state index is 0.380. The summed E-state index contributed by atoms with van der Waals surface area (Å²) in [5.41, 5.74) is 8.71. The van der Waals surface area contributed by atoms with Gasteiger partial charge in [-0.2, -0.15) is 0 Å². The molecule has 0 saturated carbocycles. The third-order valence-corrected chi connectivity index (χ3v) is 4.36. The van der Waals surface area contributed by atoms with Crippen molar-refractivity contribution in [3.8, 4) is 22.3 Å². The van der Waals surface area contributed by atoms with Crippen molar-refractivity contribution in [2.45, 2.75) is 0 Å². The number of para-hydroxylation sites is 2. The maximum absolute atomic E-state index is 12.5. The van der Waals surface area contributed by atoms with Crippen molar-refractivity contribution in [1.29, 1.82) is 0 Å². The number of carbonyl (C=O) groups excluding carboxylic acids is 1. The van der Waals surface area contributed by atoms with E-state index in [2.05, 4.69) is 10.8 Å². The molecule has 3 aromatic carbocycles. The van der Waals surface area contributed by atoms with E-state index >= 15 is 0 Å². The third-order valence-electron chi connectivity index (χ3n) is 4.36. The fourth-order valence-electron chi connectivity index (χ4n) is 3.10. The highest BCUT2D eigenvalue weighted by atomic mass is 16.6.